The number of rotatable bonds is 12. The Balaban J connectivity index is 2.07. The number of thioether (sulfide) groups is 1. The molecule has 0 aliphatic heterocycles. The van der Waals surface area contributed by atoms with Crippen LogP contribution in [0.15, 0.2) is 65.6 Å². The SMILES string of the molecule is CCCCNC(=O)[C@H](CC)N(CCc1ccccc1)C(=O)CSc1ccccc1. The van der Waals surface area contributed by atoms with Gasteiger partial charge < -0.3 is 10.2 Å². The molecule has 2 rings (SSSR count). The molecule has 0 bridgehead atoms. The van der Waals surface area contributed by atoms with E-state index in [-0.39, 0.29) is 11.8 Å². The largest absolute Gasteiger partial charge is 0.354 e. The van der Waals surface area contributed by atoms with E-state index < -0.39 is 6.04 Å². The molecule has 5 heteroatoms. The lowest BCUT2D eigenvalue weighted by Crippen LogP contribution is -2.50. The van der Waals surface area contributed by atoms with Gasteiger partial charge in [0.2, 0.25) is 11.8 Å². The Morgan fingerprint density at radius 3 is 2.28 bits per heavy atom. The van der Waals surface area contributed by atoms with E-state index in [1.54, 1.807) is 4.90 Å². The summed E-state index contributed by atoms with van der Waals surface area (Å²) in [7, 11) is 0. The number of unbranched alkanes of at least 4 members (excludes halogenated alkanes) is 1. The maximum Gasteiger partial charge on any atom is 0.242 e. The van der Waals surface area contributed by atoms with Gasteiger partial charge in [-0.2, -0.15) is 0 Å². The van der Waals surface area contributed by atoms with Crippen molar-refractivity contribution in [2.24, 2.45) is 0 Å². The summed E-state index contributed by atoms with van der Waals surface area (Å²) in [4.78, 5) is 28.7. The molecular weight excluding hydrogens is 380 g/mol. The molecule has 0 spiro atoms. The number of carbonyl (C=O) groups excluding carboxylic acids is 2. The van der Waals surface area contributed by atoms with Gasteiger partial charge in [0.1, 0.15) is 6.04 Å². The van der Waals surface area contributed by atoms with Crippen molar-refractivity contribution in [3.05, 3.63) is 66.2 Å². The highest BCUT2D eigenvalue weighted by Crippen LogP contribution is 2.19. The maximum absolute atomic E-state index is 13.1. The number of amides is 2. The van der Waals surface area contributed by atoms with E-state index in [0.717, 1.165) is 24.2 Å². The molecule has 0 radical (unpaired) electrons. The second-order valence-corrected chi connectivity index (χ2v) is 8.04. The molecule has 0 aromatic heterocycles. The summed E-state index contributed by atoms with van der Waals surface area (Å²) in [6, 6.07) is 19.6. The Morgan fingerprint density at radius 2 is 1.66 bits per heavy atom. The summed E-state index contributed by atoms with van der Waals surface area (Å²) in [5, 5.41) is 3.00. The zero-order valence-corrected chi connectivity index (χ0v) is 18.3. The minimum absolute atomic E-state index is 0.00674. The molecule has 0 saturated heterocycles. The molecule has 0 aliphatic rings. The Kier molecular flexibility index (Phi) is 10.4. The van der Waals surface area contributed by atoms with Gasteiger partial charge in [-0.25, -0.2) is 0 Å². The van der Waals surface area contributed by atoms with E-state index in [2.05, 4.69) is 24.4 Å². The molecule has 2 aromatic carbocycles. The van der Waals surface area contributed by atoms with Crippen LogP contribution in [0.2, 0.25) is 0 Å². The first-order valence-corrected chi connectivity index (χ1v) is 11.4. The van der Waals surface area contributed by atoms with Gasteiger partial charge in [0.15, 0.2) is 0 Å². The van der Waals surface area contributed by atoms with E-state index in [0.29, 0.717) is 25.3 Å². The van der Waals surface area contributed by atoms with Crippen LogP contribution in [0.1, 0.15) is 38.7 Å². The van der Waals surface area contributed by atoms with Gasteiger partial charge in [0, 0.05) is 18.0 Å². The summed E-state index contributed by atoms with van der Waals surface area (Å²) >= 11 is 1.52. The van der Waals surface area contributed by atoms with Gasteiger partial charge in [0.25, 0.3) is 0 Å². The molecule has 0 aliphatic carbocycles. The third-order valence-corrected chi connectivity index (χ3v) is 5.80. The van der Waals surface area contributed by atoms with Crippen LogP contribution in [-0.2, 0) is 16.0 Å². The van der Waals surface area contributed by atoms with Crippen molar-refractivity contribution in [2.45, 2.75) is 50.5 Å². The van der Waals surface area contributed by atoms with Crippen molar-refractivity contribution in [3.63, 3.8) is 0 Å². The number of hydrogen-bond acceptors (Lipinski definition) is 3. The first-order valence-electron chi connectivity index (χ1n) is 10.4. The lowest BCUT2D eigenvalue weighted by atomic mass is 10.1. The van der Waals surface area contributed by atoms with E-state index in [4.69, 9.17) is 0 Å². The Labute approximate surface area is 179 Å². The predicted octanol–water partition coefficient (Wildman–Crippen LogP) is 4.54. The molecule has 2 amide bonds. The number of nitrogens with zero attached hydrogens (tertiary/aromatic N) is 1. The van der Waals surface area contributed by atoms with Crippen LogP contribution in [0.3, 0.4) is 0 Å². The van der Waals surface area contributed by atoms with Crippen molar-refractivity contribution in [2.75, 3.05) is 18.8 Å². The molecule has 1 atom stereocenters. The van der Waals surface area contributed by atoms with Crippen molar-refractivity contribution in [1.29, 1.82) is 0 Å². The van der Waals surface area contributed by atoms with Crippen LogP contribution < -0.4 is 5.32 Å². The maximum atomic E-state index is 13.1. The molecule has 29 heavy (non-hydrogen) atoms. The number of hydrogen-bond donors (Lipinski definition) is 1. The molecule has 0 heterocycles. The standard InChI is InChI=1S/C24H32N2O2S/c1-3-5-17-25-24(28)22(4-2)26(18-16-20-12-8-6-9-13-20)23(27)19-29-21-14-10-7-11-15-21/h6-15,22H,3-5,16-19H2,1-2H3,(H,25,28)/t22-/m0/s1. The van der Waals surface area contributed by atoms with Crippen molar-refractivity contribution in [1.82, 2.24) is 10.2 Å². The van der Waals surface area contributed by atoms with Crippen molar-refractivity contribution in [3.8, 4) is 0 Å². The summed E-state index contributed by atoms with van der Waals surface area (Å²) in [6.07, 6.45) is 3.32. The summed E-state index contributed by atoms with van der Waals surface area (Å²) in [6.45, 7) is 5.26. The number of nitrogens with one attached hydrogen (secondary N) is 1. The molecule has 4 nitrogen and oxygen atoms in total. The summed E-state index contributed by atoms with van der Waals surface area (Å²) < 4.78 is 0. The lowest BCUT2D eigenvalue weighted by molar-refractivity contribution is -0.138. The monoisotopic (exact) mass is 412 g/mol. The van der Waals surface area contributed by atoms with Crippen LogP contribution in [-0.4, -0.2) is 41.6 Å². The second-order valence-electron chi connectivity index (χ2n) is 6.99. The second kappa shape index (κ2) is 13.0. The first-order chi connectivity index (χ1) is 14.2. The first kappa shape index (κ1) is 23.0. The van der Waals surface area contributed by atoms with Gasteiger partial charge in [-0.05, 0) is 37.0 Å². The highest BCUT2D eigenvalue weighted by molar-refractivity contribution is 8.00. The predicted molar refractivity (Wildman–Crippen MR) is 121 cm³/mol. The Bertz CT molecular complexity index is 737. The molecule has 2 aromatic rings. The van der Waals surface area contributed by atoms with E-state index in [9.17, 15) is 9.59 Å². The van der Waals surface area contributed by atoms with Crippen LogP contribution >= 0.6 is 11.8 Å². The topological polar surface area (TPSA) is 49.4 Å². The fourth-order valence-corrected chi connectivity index (χ4v) is 3.95. The molecular formula is C24H32N2O2S. The molecule has 0 fully saturated rings. The molecule has 156 valence electrons. The van der Waals surface area contributed by atoms with Crippen LogP contribution in [0, 0.1) is 0 Å². The van der Waals surface area contributed by atoms with Gasteiger partial charge in [-0.15, -0.1) is 11.8 Å². The molecule has 0 saturated carbocycles. The summed E-state index contributed by atoms with van der Waals surface area (Å²) in [5.41, 5.74) is 1.17. The number of carbonyl (C=O) groups is 2. The van der Waals surface area contributed by atoms with Gasteiger partial charge in [-0.1, -0.05) is 68.8 Å². The fourth-order valence-electron chi connectivity index (χ4n) is 3.15. The fraction of sp³-hybridized carbons (Fsp3) is 0.417. The zero-order chi connectivity index (χ0) is 20.9. The van der Waals surface area contributed by atoms with Gasteiger partial charge in [0.05, 0.1) is 5.75 Å². The van der Waals surface area contributed by atoms with Crippen LogP contribution in [0.25, 0.3) is 0 Å². The zero-order valence-electron chi connectivity index (χ0n) is 17.5. The Morgan fingerprint density at radius 1 is 1.00 bits per heavy atom. The van der Waals surface area contributed by atoms with Crippen molar-refractivity contribution >= 4 is 23.6 Å². The van der Waals surface area contributed by atoms with Crippen LogP contribution in [0.5, 0.6) is 0 Å². The molecule has 0 unspecified atom stereocenters. The van der Waals surface area contributed by atoms with E-state index >= 15 is 0 Å². The third kappa shape index (κ3) is 7.94. The minimum Gasteiger partial charge on any atom is -0.354 e. The average Bonchev–Trinajstić information content (AvgIpc) is 2.76. The van der Waals surface area contributed by atoms with Gasteiger partial charge in [-0.3, -0.25) is 9.59 Å². The quantitative estimate of drug-likeness (QED) is 0.411. The Hall–Kier alpha value is -2.27. The summed E-state index contributed by atoms with van der Waals surface area (Å²) in [5.74, 6) is 0.289. The normalized spacial score (nSPS) is 11.7. The van der Waals surface area contributed by atoms with E-state index in [1.165, 1.54) is 17.3 Å². The highest BCUT2D eigenvalue weighted by Gasteiger charge is 2.27. The smallest absolute Gasteiger partial charge is 0.242 e. The third-order valence-electron chi connectivity index (χ3n) is 4.81. The highest BCUT2D eigenvalue weighted by atomic mass is 32.2. The number of benzene rings is 2. The minimum atomic E-state index is -0.431. The van der Waals surface area contributed by atoms with Gasteiger partial charge >= 0.3 is 0 Å². The van der Waals surface area contributed by atoms with E-state index in [1.807, 2.05) is 55.5 Å². The van der Waals surface area contributed by atoms with Crippen LogP contribution in [0.4, 0.5) is 0 Å². The average molecular weight is 413 g/mol. The molecule has 1 N–H and O–H groups in total. The van der Waals surface area contributed by atoms with Crippen molar-refractivity contribution < 1.29 is 9.59 Å². The lowest BCUT2D eigenvalue weighted by Gasteiger charge is -2.30.